The molecule has 0 aromatic heterocycles. The number of rotatable bonds is 18. The van der Waals surface area contributed by atoms with Gasteiger partial charge in [0.25, 0.3) is 0 Å². The van der Waals surface area contributed by atoms with Crippen molar-refractivity contribution in [3.05, 3.63) is 103 Å². The third kappa shape index (κ3) is 11.0. The van der Waals surface area contributed by atoms with Gasteiger partial charge in [-0.05, 0) is 105 Å². The van der Waals surface area contributed by atoms with Crippen LogP contribution < -0.4 is 14.2 Å². The maximum absolute atomic E-state index is 12.7. The number of ether oxygens (including phenoxy) is 5. The van der Waals surface area contributed by atoms with Gasteiger partial charge in [-0.15, -0.1) is 0 Å². The molecule has 1 aliphatic heterocycles. The second-order valence-electron chi connectivity index (χ2n) is 10.8. The number of esters is 3. The molecule has 1 saturated heterocycles. The minimum absolute atomic E-state index is 0.0355. The molecule has 0 saturated carbocycles. The summed E-state index contributed by atoms with van der Waals surface area (Å²) in [6.45, 7) is 8.63. The molecular weight excluding hydrogens is 572 g/mol. The van der Waals surface area contributed by atoms with Gasteiger partial charge in [-0.25, -0.2) is 14.4 Å². The van der Waals surface area contributed by atoms with Gasteiger partial charge in [-0.1, -0.05) is 37.4 Å². The zero-order valence-corrected chi connectivity index (χ0v) is 25.5. The maximum atomic E-state index is 12.7. The predicted octanol–water partition coefficient (Wildman–Crippen LogP) is 7.66. The summed E-state index contributed by atoms with van der Waals surface area (Å²) in [5, 5.41) is 0. The first-order valence-electron chi connectivity index (χ1n) is 15.4. The van der Waals surface area contributed by atoms with E-state index in [9.17, 15) is 14.4 Å². The van der Waals surface area contributed by atoms with E-state index >= 15 is 0 Å². The van der Waals surface area contributed by atoms with Gasteiger partial charge in [0.1, 0.15) is 23.4 Å². The third-order valence-electron chi connectivity index (χ3n) is 7.29. The Kier molecular flexibility index (Phi) is 12.8. The van der Waals surface area contributed by atoms with Gasteiger partial charge in [-0.3, -0.25) is 0 Å². The van der Waals surface area contributed by atoms with E-state index in [1.165, 1.54) is 0 Å². The lowest BCUT2D eigenvalue weighted by atomic mass is 10.1. The molecule has 8 heteroatoms. The molecule has 3 aromatic rings. The van der Waals surface area contributed by atoms with Gasteiger partial charge in [0.05, 0.1) is 25.4 Å². The van der Waals surface area contributed by atoms with Crippen LogP contribution in [0.5, 0.6) is 17.2 Å². The van der Waals surface area contributed by atoms with E-state index < -0.39 is 11.9 Å². The number of carbonyl (C=O) groups excluding carboxylic acids is 3. The summed E-state index contributed by atoms with van der Waals surface area (Å²) in [5.74, 6) is 0.830. The van der Waals surface area contributed by atoms with Crippen LogP contribution in [0.2, 0.25) is 0 Å². The molecule has 0 aliphatic carbocycles. The van der Waals surface area contributed by atoms with Crippen LogP contribution in [0.4, 0.5) is 0 Å². The minimum Gasteiger partial charge on any atom is -0.494 e. The van der Waals surface area contributed by atoms with E-state index in [1.54, 1.807) is 36.4 Å². The van der Waals surface area contributed by atoms with Crippen molar-refractivity contribution in [1.29, 1.82) is 0 Å². The van der Waals surface area contributed by atoms with E-state index in [1.807, 2.05) is 36.4 Å². The molecule has 1 atom stereocenters. The Hall–Kier alpha value is -4.85. The number of unbranched alkanes of at least 4 members (excludes halogenated alkanes) is 4. The Morgan fingerprint density at radius 3 is 1.82 bits per heavy atom. The number of cyclic esters (lactones) is 1. The number of carbonyl (C=O) groups is 3. The molecule has 1 aliphatic rings. The van der Waals surface area contributed by atoms with Crippen LogP contribution in [0.1, 0.15) is 61.7 Å². The SMILES string of the molecule is C=CC(=O)OCCCCCOc1ccc(-c2ccc(OC(=O)c3ccc(OCCCCCC4CC(=C)C(=O)O4)cc3)cc2)cc1. The Labute approximate surface area is 264 Å². The van der Waals surface area contributed by atoms with Gasteiger partial charge in [0.15, 0.2) is 0 Å². The fraction of sp³-hybridized carbons (Fsp3) is 0.324. The molecule has 1 fully saturated rings. The topological polar surface area (TPSA) is 97.4 Å². The van der Waals surface area contributed by atoms with E-state index in [0.717, 1.165) is 67.9 Å². The van der Waals surface area contributed by atoms with Crippen molar-refractivity contribution in [2.24, 2.45) is 0 Å². The van der Waals surface area contributed by atoms with E-state index in [-0.39, 0.29) is 12.1 Å². The first-order valence-corrected chi connectivity index (χ1v) is 15.4. The molecule has 3 aromatic carbocycles. The molecule has 0 radical (unpaired) electrons. The smallest absolute Gasteiger partial charge is 0.343 e. The van der Waals surface area contributed by atoms with Crippen molar-refractivity contribution in [1.82, 2.24) is 0 Å². The van der Waals surface area contributed by atoms with Gasteiger partial charge < -0.3 is 23.7 Å². The van der Waals surface area contributed by atoms with Crippen LogP contribution in [-0.4, -0.2) is 43.8 Å². The lowest BCUT2D eigenvalue weighted by Gasteiger charge is -2.10. The highest BCUT2D eigenvalue weighted by molar-refractivity contribution is 5.91. The predicted molar refractivity (Wildman–Crippen MR) is 171 cm³/mol. The lowest BCUT2D eigenvalue weighted by Crippen LogP contribution is -2.08. The van der Waals surface area contributed by atoms with Crippen molar-refractivity contribution >= 4 is 17.9 Å². The molecule has 236 valence electrons. The second kappa shape index (κ2) is 17.4. The van der Waals surface area contributed by atoms with Crippen LogP contribution in [0.15, 0.2) is 97.6 Å². The highest BCUT2D eigenvalue weighted by Gasteiger charge is 2.26. The van der Waals surface area contributed by atoms with Crippen LogP contribution in [0.3, 0.4) is 0 Å². The van der Waals surface area contributed by atoms with Crippen molar-refractivity contribution < 1.29 is 38.1 Å². The Bertz CT molecular complexity index is 1410. The molecular formula is C37H40O8. The summed E-state index contributed by atoms with van der Waals surface area (Å²) >= 11 is 0. The van der Waals surface area contributed by atoms with Gasteiger partial charge in [0.2, 0.25) is 0 Å². The third-order valence-corrected chi connectivity index (χ3v) is 7.29. The summed E-state index contributed by atoms with van der Waals surface area (Å²) in [5.41, 5.74) is 3.01. The van der Waals surface area contributed by atoms with Crippen molar-refractivity contribution in [3.8, 4) is 28.4 Å². The lowest BCUT2D eigenvalue weighted by molar-refractivity contribution is -0.139. The van der Waals surface area contributed by atoms with Crippen molar-refractivity contribution in [2.45, 2.75) is 57.5 Å². The van der Waals surface area contributed by atoms with E-state index in [2.05, 4.69) is 13.2 Å². The highest BCUT2D eigenvalue weighted by atomic mass is 16.6. The first-order chi connectivity index (χ1) is 21.9. The average molecular weight is 613 g/mol. The molecule has 0 amide bonds. The summed E-state index contributed by atoms with van der Waals surface area (Å²) in [7, 11) is 0. The van der Waals surface area contributed by atoms with Gasteiger partial charge in [0, 0.05) is 18.1 Å². The van der Waals surface area contributed by atoms with Crippen LogP contribution in [0.25, 0.3) is 11.1 Å². The van der Waals surface area contributed by atoms with E-state index in [4.69, 9.17) is 23.7 Å². The molecule has 0 N–H and O–H groups in total. The maximum Gasteiger partial charge on any atom is 0.343 e. The molecule has 8 nitrogen and oxygen atoms in total. The molecule has 4 rings (SSSR count). The molecule has 1 unspecified atom stereocenters. The zero-order valence-electron chi connectivity index (χ0n) is 25.5. The first kappa shape index (κ1) is 33.1. The van der Waals surface area contributed by atoms with Crippen LogP contribution in [0, 0.1) is 0 Å². The second-order valence-corrected chi connectivity index (χ2v) is 10.8. The molecule has 0 spiro atoms. The average Bonchev–Trinajstić information content (AvgIpc) is 3.39. The zero-order chi connectivity index (χ0) is 31.9. The van der Waals surface area contributed by atoms with Gasteiger partial charge >= 0.3 is 17.9 Å². The Morgan fingerprint density at radius 1 is 0.733 bits per heavy atom. The normalized spacial score (nSPS) is 14.0. The highest BCUT2D eigenvalue weighted by Crippen LogP contribution is 2.26. The molecule has 45 heavy (non-hydrogen) atoms. The van der Waals surface area contributed by atoms with E-state index in [0.29, 0.717) is 48.9 Å². The summed E-state index contributed by atoms with van der Waals surface area (Å²) < 4.78 is 27.4. The number of benzene rings is 3. The fourth-order valence-electron chi connectivity index (χ4n) is 4.75. The van der Waals surface area contributed by atoms with Crippen LogP contribution in [-0.2, 0) is 19.1 Å². The van der Waals surface area contributed by atoms with Crippen LogP contribution >= 0.6 is 0 Å². The van der Waals surface area contributed by atoms with Crippen molar-refractivity contribution in [3.63, 3.8) is 0 Å². The monoisotopic (exact) mass is 612 g/mol. The summed E-state index contributed by atoms with van der Waals surface area (Å²) in [6.07, 6.45) is 7.98. The molecule has 1 heterocycles. The standard InChI is InChI=1S/C37H40O8/c1-3-35(38)43-25-9-5-8-24-42-31-17-11-28(12-18-31)29-13-21-33(22-14-29)44-37(40)30-15-19-32(20-16-30)41-23-7-4-6-10-34-26-27(2)36(39)45-34/h3,11-22,34H,1-2,4-10,23-26H2. The summed E-state index contributed by atoms with van der Waals surface area (Å²) in [4.78, 5) is 35.1. The quantitative estimate of drug-likeness (QED) is 0.0625. The van der Waals surface area contributed by atoms with Gasteiger partial charge in [-0.2, -0.15) is 0 Å². The number of hydrogen-bond donors (Lipinski definition) is 0. The summed E-state index contributed by atoms with van der Waals surface area (Å²) in [6, 6.07) is 22.1. The van der Waals surface area contributed by atoms with Crippen molar-refractivity contribution in [2.75, 3.05) is 19.8 Å². The Morgan fingerprint density at radius 2 is 1.27 bits per heavy atom. The molecule has 0 bridgehead atoms. The fourth-order valence-corrected chi connectivity index (χ4v) is 4.75. The Balaban J connectivity index is 1.12. The number of hydrogen-bond acceptors (Lipinski definition) is 8. The largest absolute Gasteiger partial charge is 0.494 e. The minimum atomic E-state index is -0.441.